The summed E-state index contributed by atoms with van der Waals surface area (Å²) in [6.45, 7) is 7.39. The van der Waals surface area contributed by atoms with E-state index in [9.17, 15) is 9.18 Å². The molecule has 0 bridgehead atoms. The Kier molecular flexibility index (Phi) is 6.61. The Bertz CT molecular complexity index is 1170. The van der Waals surface area contributed by atoms with Crippen molar-refractivity contribution in [2.24, 2.45) is 0 Å². The first kappa shape index (κ1) is 23.5. The predicted molar refractivity (Wildman–Crippen MR) is 131 cm³/mol. The zero-order chi connectivity index (χ0) is 23.8. The third kappa shape index (κ3) is 5.82. The Morgan fingerprint density at radius 3 is 2.70 bits per heavy atom. The van der Waals surface area contributed by atoms with Crippen LogP contribution < -0.4 is 10.1 Å². The summed E-state index contributed by atoms with van der Waals surface area (Å²) in [7, 11) is 0. The lowest BCUT2D eigenvalue weighted by Gasteiger charge is -2.22. The van der Waals surface area contributed by atoms with Gasteiger partial charge in [-0.2, -0.15) is 0 Å². The lowest BCUT2D eigenvalue weighted by molar-refractivity contribution is 0.0503. The molecular formula is C26H28BrFN2O3. The minimum absolute atomic E-state index is 0.0236. The number of rotatable bonds is 4. The molecule has 0 unspecified atom stereocenters. The third-order valence-electron chi connectivity index (χ3n) is 5.52. The first-order valence-electron chi connectivity index (χ1n) is 11.1. The maximum Gasteiger partial charge on any atom is 0.407 e. The number of aryl methyl sites for hydroxylation is 1. The van der Waals surface area contributed by atoms with Crippen LogP contribution in [-0.2, 0) is 4.74 Å². The lowest BCUT2D eigenvalue weighted by Crippen LogP contribution is -2.38. The molecule has 1 heterocycles. The van der Waals surface area contributed by atoms with Crippen molar-refractivity contribution < 1.29 is 18.7 Å². The number of aromatic nitrogens is 1. The van der Waals surface area contributed by atoms with Gasteiger partial charge in [0.15, 0.2) is 0 Å². The number of benzene rings is 2. The number of carbonyl (C=O) groups excluding carboxylic acids is 1. The maximum absolute atomic E-state index is 14.2. The summed E-state index contributed by atoms with van der Waals surface area (Å²) in [6, 6.07) is 10.7. The van der Waals surface area contributed by atoms with Gasteiger partial charge in [0.2, 0.25) is 0 Å². The second kappa shape index (κ2) is 9.29. The van der Waals surface area contributed by atoms with E-state index in [1.54, 1.807) is 6.20 Å². The van der Waals surface area contributed by atoms with Gasteiger partial charge < -0.3 is 14.8 Å². The minimum atomic E-state index is -0.542. The average molecular weight is 515 g/mol. The molecule has 1 saturated carbocycles. The molecule has 2 atom stereocenters. The quantitative estimate of drug-likeness (QED) is 0.409. The fourth-order valence-corrected chi connectivity index (χ4v) is 4.55. The van der Waals surface area contributed by atoms with Gasteiger partial charge in [-0.25, -0.2) is 9.18 Å². The summed E-state index contributed by atoms with van der Waals surface area (Å²) in [6.07, 6.45) is 3.49. The van der Waals surface area contributed by atoms with E-state index < -0.39 is 11.7 Å². The smallest absolute Gasteiger partial charge is 0.407 e. The Labute approximate surface area is 201 Å². The minimum Gasteiger partial charge on any atom is -0.489 e. The highest BCUT2D eigenvalue weighted by Crippen LogP contribution is 2.39. The Balaban J connectivity index is 1.63. The van der Waals surface area contributed by atoms with Gasteiger partial charge in [-0.1, -0.05) is 22.0 Å². The number of nitrogens with zero attached hydrogens (tertiary/aromatic N) is 1. The largest absolute Gasteiger partial charge is 0.489 e. The average Bonchev–Trinajstić information content (AvgIpc) is 3.12. The Morgan fingerprint density at radius 1 is 1.18 bits per heavy atom. The molecule has 1 N–H and O–H groups in total. The zero-order valence-corrected chi connectivity index (χ0v) is 20.8. The number of hydrogen-bond donors (Lipinski definition) is 1. The van der Waals surface area contributed by atoms with Crippen LogP contribution in [0.25, 0.3) is 22.0 Å². The fourth-order valence-electron chi connectivity index (χ4n) is 4.18. The number of fused-ring (bicyclic) bond motifs is 1. The van der Waals surface area contributed by atoms with Crippen molar-refractivity contribution in [3.63, 3.8) is 0 Å². The van der Waals surface area contributed by atoms with Gasteiger partial charge in [0.1, 0.15) is 23.3 Å². The van der Waals surface area contributed by atoms with Crippen LogP contribution in [0.3, 0.4) is 0 Å². The first-order chi connectivity index (χ1) is 15.6. The third-order valence-corrected chi connectivity index (χ3v) is 6.02. The van der Waals surface area contributed by atoms with Crippen LogP contribution in [0.1, 0.15) is 45.6 Å². The summed E-state index contributed by atoms with van der Waals surface area (Å²) in [5.74, 6) is 0.377. The molecule has 0 radical (unpaired) electrons. The summed E-state index contributed by atoms with van der Waals surface area (Å²) in [5.41, 5.74) is 2.55. The van der Waals surface area contributed by atoms with Gasteiger partial charge in [-0.3, -0.25) is 4.98 Å². The molecule has 174 valence electrons. The van der Waals surface area contributed by atoms with Gasteiger partial charge in [0, 0.05) is 34.1 Å². The van der Waals surface area contributed by atoms with Crippen molar-refractivity contribution in [2.75, 3.05) is 0 Å². The number of nitrogens with one attached hydrogen (secondary N) is 1. The van der Waals surface area contributed by atoms with E-state index in [-0.39, 0.29) is 18.0 Å². The number of amides is 1. The number of ether oxygens (including phenoxy) is 2. The highest BCUT2D eigenvalue weighted by molar-refractivity contribution is 9.10. The van der Waals surface area contributed by atoms with Gasteiger partial charge in [0.05, 0.1) is 5.52 Å². The molecule has 1 fully saturated rings. The van der Waals surface area contributed by atoms with Crippen molar-refractivity contribution >= 4 is 32.9 Å². The normalized spacial score (nSPS) is 18.4. The monoisotopic (exact) mass is 514 g/mol. The van der Waals surface area contributed by atoms with E-state index in [2.05, 4.69) is 26.2 Å². The number of hydrogen-bond acceptors (Lipinski definition) is 4. The Hall–Kier alpha value is -2.67. The van der Waals surface area contributed by atoms with Crippen LogP contribution in [0.15, 0.2) is 47.1 Å². The number of alkyl carbamates (subject to hydrolysis) is 1. The zero-order valence-electron chi connectivity index (χ0n) is 19.2. The van der Waals surface area contributed by atoms with Crippen LogP contribution in [0, 0.1) is 12.7 Å². The molecular weight excluding hydrogens is 487 g/mol. The second-order valence-electron chi connectivity index (χ2n) is 9.58. The van der Waals surface area contributed by atoms with Gasteiger partial charge in [-0.05, 0) is 82.0 Å². The fraction of sp³-hybridized carbons (Fsp3) is 0.385. The second-order valence-corrected chi connectivity index (χ2v) is 10.5. The molecule has 2 aromatic carbocycles. The van der Waals surface area contributed by atoms with Crippen molar-refractivity contribution in [3.8, 4) is 16.9 Å². The van der Waals surface area contributed by atoms with Crippen LogP contribution in [0.4, 0.5) is 9.18 Å². The maximum atomic E-state index is 14.2. The van der Waals surface area contributed by atoms with Crippen LogP contribution in [-0.4, -0.2) is 28.8 Å². The summed E-state index contributed by atoms with van der Waals surface area (Å²) >= 11 is 3.54. The molecule has 7 heteroatoms. The van der Waals surface area contributed by atoms with E-state index in [0.29, 0.717) is 12.2 Å². The number of halogens is 2. The molecule has 0 saturated heterocycles. The summed E-state index contributed by atoms with van der Waals surface area (Å²) < 4.78 is 27.0. The van der Waals surface area contributed by atoms with E-state index in [4.69, 9.17) is 9.47 Å². The molecule has 1 aliphatic rings. The molecule has 1 aliphatic carbocycles. The molecule has 0 spiro atoms. The summed E-state index contributed by atoms with van der Waals surface area (Å²) in [4.78, 5) is 16.8. The van der Waals surface area contributed by atoms with Crippen molar-refractivity contribution in [3.05, 3.63) is 58.4 Å². The predicted octanol–water partition coefficient (Wildman–Crippen LogP) is 6.94. The first-order valence-corrected chi connectivity index (χ1v) is 11.9. The van der Waals surface area contributed by atoms with Crippen molar-refractivity contribution in [2.45, 2.75) is 64.7 Å². The SMILES string of the molecule is Cc1cc(F)cc(-c2cnc3ccc(Br)cc3c2O[C@H]2CC[C@H](NC(=O)OC(C)(C)C)C2)c1. The number of pyridine rings is 1. The van der Waals surface area contributed by atoms with Gasteiger partial charge in [-0.15, -0.1) is 0 Å². The molecule has 1 amide bonds. The summed E-state index contributed by atoms with van der Waals surface area (Å²) in [5, 5.41) is 3.80. The Morgan fingerprint density at radius 2 is 1.97 bits per heavy atom. The highest BCUT2D eigenvalue weighted by atomic mass is 79.9. The van der Waals surface area contributed by atoms with Gasteiger partial charge >= 0.3 is 6.09 Å². The molecule has 4 rings (SSSR count). The van der Waals surface area contributed by atoms with Crippen LogP contribution in [0.2, 0.25) is 0 Å². The number of carbonyl (C=O) groups is 1. The molecule has 3 aromatic rings. The van der Waals surface area contributed by atoms with Crippen molar-refractivity contribution in [1.82, 2.24) is 10.3 Å². The van der Waals surface area contributed by atoms with Crippen LogP contribution >= 0.6 is 15.9 Å². The molecule has 0 aliphatic heterocycles. The van der Waals surface area contributed by atoms with E-state index >= 15 is 0 Å². The van der Waals surface area contributed by atoms with Crippen LogP contribution in [0.5, 0.6) is 5.75 Å². The molecule has 1 aromatic heterocycles. The van der Waals surface area contributed by atoms with Crippen molar-refractivity contribution in [1.29, 1.82) is 0 Å². The topological polar surface area (TPSA) is 60.5 Å². The molecule has 33 heavy (non-hydrogen) atoms. The lowest BCUT2D eigenvalue weighted by atomic mass is 10.0. The standard InChI is InChI=1S/C26H28BrFN2O3/c1-15-9-16(11-18(28)10-15)22-14-29-23-8-5-17(27)12-21(23)24(22)32-20-7-6-19(13-20)30-25(31)33-26(2,3)4/h5,8-12,14,19-20H,6-7,13H2,1-4H3,(H,30,31)/t19-,20-/m0/s1. The molecule has 5 nitrogen and oxygen atoms in total. The van der Waals surface area contributed by atoms with E-state index in [1.165, 1.54) is 12.1 Å². The van der Waals surface area contributed by atoms with E-state index in [0.717, 1.165) is 44.9 Å². The van der Waals surface area contributed by atoms with Gasteiger partial charge in [0.25, 0.3) is 0 Å². The van der Waals surface area contributed by atoms with E-state index in [1.807, 2.05) is 52.0 Å². The highest BCUT2D eigenvalue weighted by Gasteiger charge is 2.30.